The van der Waals surface area contributed by atoms with Gasteiger partial charge in [0.15, 0.2) is 0 Å². The minimum absolute atomic E-state index is 0.194. The fraction of sp³-hybridized carbons (Fsp3) is 0.688. The summed E-state index contributed by atoms with van der Waals surface area (Å²) in [6.07, 6.45) is 1.02. The molecule has 0 aromatic rings. The molecule has 4 amide bonds. The molecule has 12 heteroatoms. The van der Waals surface area contributed by atoms with E-state index in [1.54, 1.807) is 0 Å². The number of aliphatic hydroxyl groups excluding tert-OH is 1. The molecule has 0 bridgehead atoms. The third kappa shape index (κ3) is 7.48. The van der Waals surface area contributed by atoms with Crippen LogP contribution in [0.4, 0.5) is 0 Å². The van der Waals surface area contributed by atoms with E-state index in [1.165, 1.54) is 6.92 Å². The van der Waals surface area contributed by atoms with Gasteiger partial charge in [-0.15, -0.1) is 0 Å². The van der Waals surface area contributed by atoms with E-state index < -0.39 is 60.4 Å². The second-order valence-corrected chi connectivity index (χ2v) is 6.53. The van der Waals surface area contributed by atoms with Gasteiger partial charge >= 0.3 is 5.97 Å². The Labute approximate surface area is 161 Å². The number of hydrogen-bond acceptors (Lipinski definition) is 7. The number of aliphatic carboxylic acids is 1. The van der Waals surface area contributed by atoms with Gasteiger partial charge in [0.25, 0.3) is 0 Å². The zero-order valence-electron chi connectivity index (χ0n) is 15.6. The fourth-order valence-corrected chi connectivity index (χ4v) is 2.59. The van der Waals surface area contributed by atoms with Gasteiger partial charge in [-0.1, -0.05) is 0 Å². The molecule has 1 aliphatic heterocycles. The van der Waals surface area contributed by atoms with Crippen LogP contribution in [0.15, 0.2) is 0 Å². The maximum absolute atomic E-state index is 12.2. The number of nitrogens with two attached hydrogens (primary N) is 1. The second kappa shape index (κ2) is 11.2. The van der Waals surface area contributed by atoms with Crippen LogP contribution >= 0.6 is 0 Å². The number of hydrogen-bond donors (Lipinski definition) is 7. The average Bonchev–Trinajstić information content (AvgIpc) is 3.16. The van der Waals surface area contributed by atoms with Crippen molar-refractivity contribution in [3.63, 3.8) is 0 Å². The molecule has 158 valence electrons. The maximum atomic E-state index is 12.2. The average molecular weight is 401 g/mol. The molecule has 0 saturated carbocycles. The molecular weight excluding hydrogens is 374 g/mol. The van der Waals surface area contributed by atoms with E-state index in [4.69, 9.17) is 10.8 Å². The topological polar surface area (TPSA) is 200 Å². The molecule has 0 radical (unpaired) electrons. The van der Waals surface area contributed by atoms with E-state index in [1.807, 2.05) is 0 Å². The van der Waals surface area contributed by atoms with Gasteiger partial charge in [0.2, 0.25) is 23.6 Å². The third-order valence-electron chi connectivity index (χ3n) is 4.24. The number of carbonyl (C=O) groups excluding carboxylic acids is 4. The summed E-state index contributed by atoms with van der Waals surface area (Å²) in [5.41, 5.74) is 4.97. The zero-order valence-corrected chi connectivity index (χ0v) is 15.6. The van der Waals surface area contributed by atoms with Gasteiger partial charge in [-0.25, -0.2) is 4.79 Å². The van der Waals surface area contributed by atoms with Gasteiger partial charge in [-0.05, 0) is 32.7 Å². The van der Waals surface area contributed by atoms with Crippen LogP contribution in [0.1, 0.15) is 32.6 Å². The summed E-state index contributed by atoms with van der Waals surface area (Å²) >= 11 is 0. The lowest BCUT2D eigenvalue weighted by molar-refractivity contribution is -0.142. The fourth-order valence-electron chi connectivity index (χ4n) is 2.59. The van der Waals surface area contributed by atoms with Crippen LogP contribution in [-0.2, 0) is 24.0 Å². The summed E-state index contributed by atoms with van der Waals surface area (Å²) in [5, 5.41) is 28.3. The molecule has 0 aromatic carbocycles. The van der Waals surface area contributed by atoms with E-state index >= 15 is 0 Å². The maximum Gasteiger partial charge on any atom is 0.326 e. The van der Waals surface area contributed by atoms with E-state index in [9.17, 15) is 29.1 Å². The summed E-state index contributed by atoms with van der Waals surface area (Å²) in [7, 11) is 0. The highest BCUT2D eigenvalue weighted by molar-refractivity contribution is 5.94. The molecule has 1 aliphatic rings. The van der Waals surface area contributed by atoms with Crippen molar-refractivity contribution < 1.29 is 34.2 Å². The lowest BCUT2D eigenvalue weighted by Gasteiger charge is -2.22. The summed E-state index contributed by atoms with van der Waals surface area (Å²) in [6, 6.07) is -4.18. The highest BCUT2D eigenvalue weighted by Crippen LogP contribution is 2.05. The van der Waals surface area contributed by atoms with Crippen LogP contribution in [0.25, 0.3) is 0 Å². The van der Waals surface area contributed by atoms with Crippen LogP contribution in [0.5, 0.6) is 0 Å². The van der Waals surface area contributed by atoms with Gasteiger partial charge in [0.1, 0.15) is 18.1 Å². The zero-order chi connectivity index (χ0) is 21.3. The van der Waals surface area contributed by atoms with Crippen LogP contribution in [0, 0.1) is 0 Å². The van der Waals surface area contributed by atoms with Crippen LogP contribution in [0.2, 0.25) is 0 Å². The number of aliphatic hydroxyl groups is 1. The number of nitrogens with one attached hydrogen (secondary N) is 4. The van der Waals surface area contributed by atoms with Crippen LogP contribution < -0.4 is 27.0 Å². The summed E-state index contributed by atoms with van der Waals surface area (Å²) in [5.74, 6) is -4.08. The van der Waals surface area contributed by atoms with Crippen molar-refractivity contribution in [3.8, 4) is 0 Å². The number of primary amides is 1. The Balaban J connectivity index is 2.57. The highest BCUT2D eigenvalue weighted by atomic mass is 16.4. The number of carbonyl (C=O) groups is 5. The third-order valence-corrected chi connectivity index (χ3v) is 4.24. The van der Waals surface area contributed by atoms with Crippen molar-refractivity contribution in [2.24, 2.45) is 5.73 Å². The molecule has 0 spiro atoms. The Morgan fingerprint density at radius 3 is 2.29 bits per heavy atom. The highest BCUT2D eigenvalue weighted by Gasteiger charge is 2.29. The summed E-state index contributed by atoms with van der Waals surface area (Å²) in [6.45, 7) is 1.33. The minimum atomic E-state index is -1.35. The van der Waals surface area contributed by atoms with Crippen LogP contribution in [-0.4, -0.2) is 77.1 Å². The molecule has 4 atom stereocenters. The van der Waals surface area contributed by atoms with Crippen molar-refractivity contribution >= 4 is 29.6 Å². The lowest BCUT2D eigenvalue weighted by atomic mass is 10.1. The molecule has 28 heavy (non-hydrogen) atoms. The van der Waals surface area contributed by atoms with Crippen molar-refractivity contribution in [1.82, 2.24) is 21.3 Å². The molecular formula is C16H27N5O7. The van der Waals surface area contributed by atoms with E-state index in [2.05, 4.69) is 21.3 Å². The second-order valence-electron chi connectivity index (χ2n) is 6.53. The number of amides is 4. The van der Waals surface area contributed by atoms with Crippen LogP contribution in [0.3, 0.4) is 0 Å². The van der Waals surface area contributed by atoms with E-state index in [-0.39, 0.29) is 12.8 Å². The Morgan fingerprint density at radius 1 is 1.11 bits per heavy atom. The molecule has 1 saturated heterocycles. The molecule has 4 unspecified atom stereocenters. The Bertz CT molecular complexity index is 606. The molecule has 8 N–H and O–H groups in total. The molecule has 1 fully saturated rings. The summed E-state index contributed by atoms with van der Waals surface area (Å²) < 4.78 is 0. The predicted molar refractivity (Wildman–Crippen MR) is 95.6 cm³/mol. The van der Waals surface area contributed by atoms with E-state index in [0.717, 1.165) is 6.42 Å². The number of carboxylic acid groups (broad SMARTS) is 1. The van der Waals surface area contributed by atoms with Gasteiger partial charge in [-0.3, -0.25) is 19.2 Å². The number of rotatable bonds is 11. The van der Waals surface area contributed by atoms with Gasteiger partial charge in [-0.2, -0.15) is 0 Å². The Kier molecular flexibility index (Phi) is 9.32. The molecule has 0 aromatic heterocycles. The molecule has 12 nitrogen and oxygen atoms in total. The minimum Gasteiger partial charge on any atom is -0.480 e. The SMILES string of the molecule is CC(NC(=O)C(CO)NC(=O)C1CCCN1)C(=O)NC(CCC(N)=O)C(=O)O. The van der Waals surface area contributed by atoms with Crippen molar-refractivity contribution in [2.75, 3.05) is 13.2 Å². The number of carboxylic acids is 1. The Hall–Kier alpha value is -2.73. The van der Waals surface area contributed by atoms with Gasteiger partial charge in [0.05, 0.1) is 12.6 Å². The quantitative estimate of drug-likeness (QED) is 0.185. The first kappa shape index (κ1) is 23.3. The van der Waals surface area contributed by atoms with Crippen molar-refractivity contribution in [2.45, 2.75) is 56.8 Å². The van der Waals surface area contributed by atoms with Gasteiger partial charge in [0, 0.05) is 6.42 Å². The lowest BCUT2D eigenvalue weighted by Crippen LogP contribution is -2.57. The monoisotopic (exact) mass is 401 g/mol. The first-order valence-corrected chi connectivity index (χ1v) is 8.92. The smallest absolute Gasteiger partial charge is 0.326 e. The normalized spacial score (nSPS) is 19.1. The van der Waals surface area contributed by atoms with Gasteiger partial charge < -0.3 is 37.2 Å². The first-order chi connectivity index (χ1) is 13.1. The van der Waals surface area contributed by atoms with Crippen molar-refractivity contribution in [1.29, 1.82) is 0 Å². The standard InChI is InChI=1S/C16H27N5O7/c1-8(13(24)20-10(16(27)28)4-5-12(17)23)19-15(26)11(7-22)21-14(25)9-3-2-6-18-9/h8-11,18,22H,2-7H2,1H3,(H2,17,23)(H,19,26)(H,20,24)(H,21,25)(H,27,28). The summed E-state index contributed by atoms with van der Waals surface area (Å²) in [4.78, 5) is 58.3. The molecule has 1 rings (SSSR count). The predicted octanol–water partition coefficient (Wildman–Crippen LogP) is -3.44. The first-order valence-electron chi connectivity index (χ1n) is 8.92. The van der Waals surface area contributed by atoms with Crippen molar-refractivity contribution in [3.05, 3.63) is 0 Å². The van der Waals surface area contributed by atoms with E-state index in [0.29, 0.717) is 13.0 Å². The molecule has 1 heterocycles. The Morgan fingerprint density at radius 2 is 1.79 bits per heavy atom. The molecule has 0 aliphatic carbocycles. The largest absolute Gasteiger partial charge is 0.480 e.